The minimum absolute atomic E-state index is 0.148. The van der Waals surface area contributed by atoms with E-state index in [9.17, 15) is 9.18 Å². The average Bonchev–Trinajstić information content (AvgIpc) is 3.15. The number of hydrogen-bond acceptors (Lipinski definition) is 5. The highest BCUT2D eigenvalue weighted by atomic mass is 19.1. The van der Waals surface area contributed by atoms with Crippen molar-refractivity contribution < 1.29 is 18.0 Å². The van der Waals surface area contributed by atoms with Gasteiger partial charge in [0.25, 0.3) is 5.89 Å². The van der Waals surface area contributed by atoms with Gasteiger partial charge in [-0.2, -0.15) is 4.68 Å². The summed E-state index contributed by atoms with van der Waals surface area (Å²) in [5.41, 5.74) is 0. The number of halogens is 1. The van der Waals surface area contributed by atoms with E-state index in [0.29, 0.717) is 31.1 Å². The van der Waals surface area contributed by atoms with Gasteiger partial charge in [-0.25, -0.2) is 9.18 Å². The zero-order valence-corrected chi connectivity index (χ0v) is 11.6. The SMILES string of the molecule is O=c1oc(-c2ccco2)nn1CCCOc1ccc(F)cc1. The summed E-state index contributed by atoms with van der Waals surface area (Å²) in [7, 11) is 0. The molecule has 6 nitrogen and oxygen atoms in total. The second-order valence-corrected chi connectivity index (χ2v) is 4.53. The molecule has 0 aliphatic carbocycles. The van der Waals surface area contributed by atoms with Crippen molar-refractivity contribution in [3.8, 4) is 17.4 Å². The second kappa shape index (κ2) is 6.30. The van der Waals surface area contributed by atoms with Crippen LogP contribution in [0.25, 0.3) is 11.7 Å². The molecule has 0 radical (unpaired) electrons. The molecule has 3 aromatic rings. The molecular weight excluding hydrogens is 291 g/mol. The summed E-state index contributed by atoms with van der Waals surface area (Å²) in [6.07, 6.45) is 2.03. The fourth-order valence-corrected chi connectivity index (χ4v) is 1.88. The average molecular weight is 304 g/mol. The Hall–Kier alpha value is -2.83. The molecule has 0 atom stereocenters. The largest absolute Gasteiger partial charge is 0.494 e. The minimum Gasteiger partial charge on any atom is -0.494 e. The van der Waals surface area contributed by atoms with E-state index in [1.54, 1.807) is 24.3 Å². The van der Waals surface area contributed by atoms with Crippen molar-refractivity contribution in [3.63, 3.8) is 0 Å². The lowest BCUT2D eigenvalue weighted by atomic mass is 10.3. The van der Waals surface area contributed by atoms with E-state index in [1.807, 2.05) is 0 Å². The summed E-state index contributed by atoms with van der Waals surface area (Å²) >= 11 is 0. The maximum atomic E-state index is 12.7. The molecule has 2 heterocycles. The van der Waals surface area contributed by atoms with E-state index in [4.69, 9.17) is 13.6 Å². The predicted octanol–water partition coefficient (Wildman–Crippen LogP) is 2.70. The highest BCUT2D eigenvalue weighted by molar-refractivity contribution is 5.42. The molecule has 3 rings (SSSR count). The van der Waals surface area contributed by atoms with Gasteiger partial charge in [0.1, 0.15) is 11.6 Å². The third-order valence-corrected chi connectivity index (χ3v) is 2.93. The number of rotatable bonds is 6. The molecule has 0 unspecified atom stereocenters. The van der Waals surface area contributed by atoms with Gasteiger partial charge in [-0.1, -0.05) is 0 Å². The van der Waals surface area contributed by atoms with Crippen LogP contribution in [0.3, 0.4) is 0 Å². The van der Waals surface area contributed by atoms with Gasteiger partial charge in [0.05, 0.1) is 19.4 Å². The topological polar surface area (TPSA) is 70.4 Å². The van der Waals surface area contributed by atoms with Crippen LogP contribution in [0, 0.1) is 5.82 Å². The van der Waals surface area contributed by atoms with Crippen molar-refractivity contribution in [1.82, 2.24) is 9.78 Å². The summed E-state index contributed by atoms with van der Waals surface area (Å²) in [4.78, 5) is 11.6. The first kappa shape index (κ1) is 14.1. The fraction of sp³-hybridized carbons (Fsp3) is 0.200. The standard InChI is InChI=1S/C15H13FN2O4/c16-11-4-6-12(7-5-11)20-10-2-8-18-15(19)22-14(17-18)13-3-1-9-21-13/h1,3-7,9H,2,8,10H2. The van der Waals surface area contributed by atoms with E-state index in [2.05, 4.69) is 5.10 Å². The van der Waals surface area contributed by atoms with Gasteiger partial charge in [0.2, 0.25) is 0 Å². The van der Waals surface area contributed by atoms with Crippen LogP contribution in [0.2, 0.25) is 0 Å². The van der Waals surface area contributed by atoms with Gasteiger partial charge in [0, 0.05) is 6.42 Å². The summed E-state index contributed by atoms with van der Waals surface area (Å²) in [6.45, 7) is 0.727. The molecule has 0 fully saturated rings. The fourth-order valence-electron chi connectivity index (χ4n) is 1.88. The molecule has 0 aliphatic rings. The summed E-state index contributed by atoms with van der Waals surface area (Å²) in [5.74, 6) is 0.262. The summed E-state index contributed by atoms with van der Waals surface area (Å²) in [5, 5.41) is 4.05. The Labute approximate surface area is 124 Å². The van der Waals surface area contributed by atoms with Gasteiger partial charge >= 0.3 is 5.76 Å². The van der Waals surface area contributed by atoms with Crippen molar-refractivity contribution >= 4 is 0 Å². The van der Waals surface area contributed by atoms with E-state index in [1.165, 1.54) is 23.1 Å². The normalized spacial score (nSPS) is 10.8. The van der Waals surface area contributed by atoms with Gasteiger partial charge in [-0.05, 0) is 36.4 Å². The summed E-state index contributed by atoms with van der Waals surface area (Å²) in [6, 6.07) is 9.09. The monoisotopic (exact) mass is 304 g/mol. The van der Waals surface area contributed by atoms with Crippen LogP contribution < -0.4 is 10.5 Å². The quantitative estimate of drug-likeness (QED) is 0.655. The maximum absolute atomic E-state index is 12.7. The molecule has 0 saturated heterocycles. The van der Waals surface area contributed by atoms with Crippen LogP contribution in [-0.4, -0.2) is 16.4 Å². The Balaban J connectivity index is 1.53. The molecule has 0 amide bonds. The van der Waals surface area contributed by atoms with Crippen molar-refractivity contribution in [2.24, 2.45) is 0 Å². The van der Waals surface area contributed by atoms with Crippen LogP contribution in [0.1, 0.15) is 6.42 Å². The Kier molecular flexibility index (Phi) is 4.04. The predicted molar refractivity (Wildman–Crippen MR) is 75.0 cm³/mol. The molecule has 1 aromatic carbocycles. The molecule has 22 heavy (non-hydrogen) atoms. The van der Waals surface area contributed by atoms with E-state index < -0.39 is 5.76 Å². The van der Waals surface area contributed by atoms with Gasteiger partial charge < -0.3 is 13.6 Å². The van der Waals surface area contributed by atoms with Gasteiger partial charge in [-0.3, -0.25) is 0 Å². The van der Waals surface area contributed by atoms with Crippen molar-refractivity contribution in [2.75, 3.05) is 6.61 Å². The second-order valence-electron chi connectivity index (χ2n) is 4.53. The number of hydrogen-bond donors (Lipinski definition) is 0. The molecular formula is C15H13FN2O4. The molecule has 0 saturated carbocycles. The van der Waals surface area contributed by atoms with Crippen LogP contribution in [0.5, 0.6) is 5.75 Å². The first-order valence-electron chi connectivity index (χ1n) is 6.72. The first-order valence-corrected chi connectivity index (χ1v) is 6.72. The number of ether oxygens (including phenoxy) is 1. The van der Waals surface area contributed by atoms with Crippen molar-refractivity contribution in [2.45, 2.75) is 13.0 Å². The zero-order chi connectivity index (χ0) is 15.4. The van der Waals surface area contributed by atoms with Crippen LogP contribution in [0.15, 0.2) is 56.3 Å². The smallest absolute Gasteiger partial charge is 0.437 e. The molecule has 7 heteroatoms. The number of benzene rings is 1. The third kappa shape index (κ3) is 3.25. The first-order chi connectivity index (χ1) is 10.7. The highest BCUT2D eigenvalue weighted by Crippen LogP contribution is 2.15. The highest BCUT2D eigenvalue weighted by Gasteiger charge is 2.12. The van der Waals surface area contributed by atoms with E-state index in [-0.39, 0.29) is 11.7 Å². The molecule has 114 valence electrons. The van der Waals surface area contributed by atoms with E-state index in [0.717, 1.165) is 0 Å². The van der Waals surface area contributed by atoms with Crippen molar-refractivity contribution in [3.05, 3.63) is 59.0 Å². The zero-order valence-electron chi connectivity index (χ0n) is 11.6. The molecule has 2 aromatic heterocycles. The Bertz CT molecular complexity index is 775. The third-order valence-electron chi connectivity index (χ3n) is 2.93. The molecule has 0 aliphatic heterocycles. The number of furan rings is 1. The Morgan fingerprint density at radius 1 is 1.23 bits per heavy atom. The van der Waals surface area contributed by atoms with E-state index >= 15 is 0 Å². The number of nitrogens with zero attached hydrogens (tertiary/aromatic N) is 2. The lowest BCUT2D eigenvalue weighted by Gasteiger charge is -2.05. The number of aromatic nitrogens is 2. The molecule has 0 bridgehead atoms. The van der Waals surface area contributed by atoms with Crippen LogP contribution >= 0.6 is 0 Å². The molecule has 0 N–H and O–H groups in total. The van der Waals surface area contributed by atoms with Gasteiger partial charge in [0.15, 0.2) is 5.76 Å². The van der Waals surface area contributed by atoms with Crippen LogP contribution in [-0.2, 0) is 6.54 Å². The van der Waals surface area contributed by atoms with Crippen LogP contribution in [0.4, 0.5) is 4.39 Å². The minimum atomic E-state index is -0.548. The number of aryl methyl sites for hydroxylation is 1. The Morgan fingerprint density at radius 3 is 2.77 bits per heavy atom. The summed E-state index contributed by atoms with van der Waals surface area (Å²) < 4.78 is 29.5. The maximum Gasteiger partial charge on any atom is 0.437 e. The Morgan fingerprint density at radius 2 is 2.05 bits per heavy atom. The molecule has 0 spiro atoms. The lowest BCUT2D eigenvalue weighted by molar-refractivity contribution is 0.295. The van der Waals surface area contributed by atoms with Crippen molar-refractivity contribution in [1.29, 1.82) is 0 Å². The lowest BCUT2D eigenvalue weighted by Crippen LogP contribution is -2.17. The van der Waals surface area contributed by atoms with Gasteiger partial charge in [-0.15, -0.1) is 5.10 Å².